The Morgan fingerprint density at radius 3 is 2.52 bits per heavy atom. The zero-order chi connectivity index (χ0) is 20.3. The fourth-order valence-corrected chi connectivity index (χ4v) is 4.19. The normalized spacial score (nSPS) is 18.0. The van der Waals surface area contributed by atoms with E-state index in [1.54, 1.807) is 24.1 Å². The van der Waals surface area contributed by atoms with Gasteiger partial charge in [-0.15, -0.1) is 0 Å². The molecule has 6 heteroatoms. The van der Waals surface area contributed by atoms with Crippen LogP contribution in [0.5, 0.6) is 5.75 Å². The summed E-state index contributed by atoms with van der Waals surface area (Å²) in [5, 5.41) is 6.11. The van der Waals surface area contributed by atoms with Crippen molar-refractivity contribution < 1.29 is 14.3 Å². The number of hydrogen-bond acceptors (Lipinski definition) is 3. The van der Waals surface area contributed by atoms with Gasteiger partial charge < -0.3 is 20.3 Å². The van der Waals surface area contributed by atoms with Gasteiger partial charge in [-0.3, -0.25) is 4.79 Å². The molecule has 152 valence electrons. The molecule has 29 heavy (non-hydrogen) atoms. The number of ether oxygens (including phenoxy) is 1. The Morgan fingerprint density at radius 1 is 1.07 bits per heavy atom. The number of carbonyl (C=O) groups excluding carboxylic acids is 2. The van der Waals surface area contributed by atoms with Crippen molar-refractivity contribution in [3.8, 4) is 5.75 Å². The van der Waals surface area contributed by atoms with Gasteiger partial charge in [0.15, 0.2) is 0 Å². The fraction of sp³-hybridized carbons (Fsp3) is 0.391. The second kappa shape index (κ2) is 8.15. The Hall–Kier alpha value is -3.02. The predicted molar refractivity (Wildman–Crippen MR) is 113 cm³/mol. The topological polar surface area (TPSA) is 70.7 Å². The maximum Gasteiger partial charge on any atom is 0.319 e. The van der Waals surface area contributed by atoms with Crippen LogP contribution in [-0.4, -0.2) is 25.6 Å². The van der Waals surface area contributed by atoms with E-state index in [0.29, 0.717) is 30.1 Å². The van der Waals surface area contributed by atoms with Crippen LogP contribution < -0.4 is 20.3 Å². The van der Waals surface area contributed by atoms with Crippen LogP contribution in [0.2, 0.25) is 0 Å². The molecule has 4 rings (SSSR count). The molecule has 6 nitrogen and oxygen atoms in total. The molecule has 0 unspecified atom stereocenters. The van der Waals surface area contributed by atoms with Crippen molar-refractivity contribution >= 4 is 23.3 Å². The van der Waals surface area contributed by atoms with E-state index in [0.717, 1.165) is 37.7 Å². The lowest BCUT2D eigenvalue weighted by Gasteiger charge is -2.43. The fourth-order valence-electron chi connectivity index (χ4n) is 4.19. The molecule has 0 radical (unpaired) electrons. The summed E-state index contributed by atoms with van der Waals surface area (Å²) in [5.41, 5.74) is 2.18. The zero-order valence-corrected chi connectivity index (χ0v) is 16.7. The van der Waals surface area contributed by atoms with Crippen molar-refractivity contribution in [1.29, 1.82) is 0 Å². The van der Waals surface area contributed by atoms with Crippen LogP contribution in [0.25, 0.3) is 0 Å². The third-order valence-corrected chi connectivity index (χ3v) is 5.94. The number of carbonyl (C=O) groups is 2. The van der Waals surface area contributed by atoms with Gasteiger partial charge in [0.25, 0.3) is 0 Å². The molecule has 1 heterocycles. The standard InChI is InChI=1S/C23H27N3O3/c1-29-20-12-11-18(16-19(20)26-15-6-5-10-21(26)27)24-22(28)25-23(13-7-14-23)17-8-3-2-4-9-17/h2-4,8-9,11-12,16H,5-7,10,13-15H2,1H3,(H2,24,25,28). The van der Waals surface area contributed by atoms with Gasteiger partial charge in [-0.05, 0) is 55.9 Å². The monoisotopic (exact) mass is 393 g/mol. The summed E-state index contributed by atoms with van der Waals surface area (Å²) < 4.78 is 5.45. The molecule has 0 bridgehead atoms. The summed E-state index contributed by atoms with van der Waals surface area (Å²) in [6.45, 7) is 0.669. The number of nitrogens with one attached hydrogen (secondary N) is 2. The quantitative estimate of drug-likeness (QED) is 0.790. The Morgan fingerprint density at radius 2 is 1.86 bits per heavy atom. The Labute approximate surface area is 171 Å². The van der Waals surface area contributed by atoms with Crippen LogP contribution in [0.4, 0.5) is 16.2 Å². The number of amides is 3. The van der Waals surface area contributed by atoms with Gasteiger partial charge in [0.05, 0.1) is 18.3 Å². The summed E-state index contributed by atoms with van der Waals surface area (Å²) >= 11 is 0. The number of anilines is 2. The van der Waals surface area contributed by atoms with Crippen molar-refractivity contribution in [2.45, 2.75) is 44.1 Å². The maximum atomic E-state index is 12.8. The first-order valence-corrected chi connectivity index (χ1v) is 10.2. The molecule has 3 amide bonds. The van der Waals surface area contributed by atoms with Gasteiger partial charge in [0.1, 0.15) is 5.75 Å². The van der Waals surface area contributed by atoms with E-state index in [-0.39, 0.29) is 17.5 Å². The minimum atomic E-state index is -0.302. The number of rotatable bonds is 5. The Kier molecular flexibility index (Phi) is 5.43. The number of methoxy groups -OCH3 is 1. The van der Waals surface area contributed by atoms with E-state index in [1.165, 1.54) is 0 Å². The molecule has 0 atom stereocenters. The van der Waals surface area contributed by atoms with E-state index in [2.05, 4.69) is 22.8 Å². The van der Waals surface area contributed by atoms with Crippen LogP contribution in [0.3, 0.4) is 0 Å². The smallest absolute Gasteiger partial charge is 0.319 e. The summed E-state index contributed by atoms with van der Waals surface area (Å²) in [4.78, 5) is 26.9. The summed E-state index contributed by atoms with van der Waals surface area (Å²) in [6.07, 6.45) is 5.38. The van der Waals surface area contributed by atoms with Crippen LogP contribution in [0, 0.1) is 0 Å². The highest BCUT2D eigenvalue weighted by Gasteiger charge is 2.40. The number of nitrogens with zero attached hydrogens (tertiary/aromatic N) is 1. The van der Waals surface area contributed by atoms with Crippen LogP contribution in [0.1, 0.15) is 44.1 Å². The molecule has 1 aliphatic heterocycles. The molecule has 2 aromatic carbocycles. The molecule has 1 aliphatic carbocycles. The first-order valence-electron chi connectivity index (χ1n) is 10.2. The summed E-state index contributed by atoms with van der Waals surface area (Å²) in [6, 6.07) is 15.3. The highest BCUT2D eigenvalue weighted by atomic mass is 16.5. The third-order valence-electron chi connectivity index (χ3n) is 5.94. The number of benzene rings is 2. The second-order valence-electron chi connectivity index (χ2n) is 7.77. The number of piperidine rings is 1. The highest BCUT2D eigenvalue weighted by molar-refractivity contribution is 5.97. The average molecular weight is 393 g/mol. The highest BCUT2D eigenvalue weighted by Crippen LogP contribution is 2.41. The zero-order valence-electron chi connectivity index (χ0n) is 16.7. The third kappa shape index (κ3) is 3.92. The Bertz CT molecular complexity index is 893. The molecule has 2 aliphatic rings. The minimum Gasteiger partial charge on any atom is -0.495 e. The van der Waals surface area contributed by atoms with Crippen molar-refractivity contribution in [2.24, 2.45) is 0 Å². The number of hydrogen-bond donors (Lipinski definition) is 2. The number of urea groups is 1. The van der Waals surface area contributed by atoms with Crippen LogP contribution in [-0.2, 0) is 10.3 Å². The van der Waals surface area contributed by atoms with Gasteiger partial charge in [0, 0.05) is 18.7 Å². The van der Waals surface area contributed by atoms with E-state index < -0.39 is 0 Å². The lowest BCUT2D eigenvalue weighted by atomic mass is 9.72. The lowest BCUT2D eigenvalue weighted by Crippen LogP contribution is -2.52. The van der Waals surface area contributed by atoms with Crippen molar-refractivity contribution in [3.63, 3.8) is 0 Å². The minimum absolute atomic E-state index is 0.0913. The molecular weight excluding hydrogens is 366 g/mol. The van der Waals surface area contributed by atoms with Gasteiger partial charge in [-0.1, -0.05) is 30.3 Å². The van der Waals surface area contributed by atoms with Gasteiger partial charge in [-0.25, -0.2) is 4.79 Å². The van der Waals surface area contributed by atoms with Gasteiger partial charge >= 0.3 is 6.03 Å². The maximum absolute atomic E-state index is 12.8. The van der Waals surface area contributed by atoms with Crippen LogP contribution in [0.15, 0.2) is 48.5 Å². The van der Waals surface area contributed by atoms with Crippen molar-refractivity contribution in [3.05, 3.63) is 54.1 Å². The molecule has 2 aromatic rings. The van der Waals surface area contributed by atoms with E-state index in [9.17, 15) is 9.59 Å². The molecule has 2 N–H and O–H groups in total. The molecule has 1 saturated heterocycles. The first kappa shape index (κ1) is 19.3. The molecule has 0 aromatic heterocycles. The van der Waals surface area contributed by atoms with Gasteiger partial charge in [-0.2, -0.15) is 0 Å². The van der Waals surface area contributed by atoms with E-state index >= 15 is 0 Å². The molecule has 0 spiro atoms. The van der Waals surface area contributed by atoms with E-state index in [4.69, 9.17) is 4.74 Å². The Balaban J connectivity index is 1.51. The van der Waals surface area contributed by atoms with Gasteiger partial charge in [0.2, 0.25) is 5.91 Å². The van der Waals surface area contributed by atoms with E-state index in [1.807, 2.05) is 24.3 Å². The first-order chi connectivity index (χ1) is 14.1. The average Bonchev–Trinajstić information content (AvgIpc) is 2.72. The lowest BCUT2D eigenvalue weighted by molar-refractivity contribution is -0.119. The molecule has 2 fully saturated rings. The van der Waals surface area contributed by atoms with Crippen molar-refractivity contribution in [1.82, 2.24) is 5.32 Å². The second-order valence-corrected chi connectivity index (χ2v) is 7.77. The molecule has 1 saturated carbocycles. The van der Waals surface area contributed by atoms with Crippen LogP contribution >= 0.6 is 0 Å². The van der Waals surface area contributed by atoms with Crippen molar-refractivity contribution in [2.75, 3.05) is 23.9 Å². The molecular formula is C23H27N3O3. The summed E-state index contributed by atoms with van der Waals surface area (Å²) in [5.74, 6) is 0.722. The largest absolute Gasteiger partial charge is 0.495 e. The summed E-state index contributed by atoms with van der Waals surface area (Å²) in [7, 11) is 1.59. The SMILES string of the molecule is COc1ccc(NC(=O)NC2(c3ccccc3)CCC2)cc1N1CCCCC1=O. The predicted octanol–water partition coefficient (Wildman–Crippen LogP) is 4.41.